The van der Waals surface area contributed by atoms with Crippen LogP contribution >= 0.6 is 0 Å². The van der Waals surface area contributed by atoms with Gasteiger partial charge >= 0.3 is 0 Å². The Morgan fingerprint density at radius 1 is 0.438 bits per heavy atom. The van der Waals surface area contributed by atoms with Crippen LogP contribution in [-0.4, -0.2) is 0 Å². The lowest BCUT2D eigenvalue weighted by molar-refractivity contribution is 0.737. The van der Waals surface area contributed by atoms with Gasteiger partial charge in [-0.15, -0.1) is 13.2 Å². The smallest absolute Gasteiger partial charge is 0.0500 e. The van der Waals surface area contributed by atoms with Crippen LogP contribution in [0.25, 0.3) is 0 Å². The molecule has 0 bridgehead atoms. The zero-order valence-corrected chi connectivity index (χ0v) is 15.0. The lowest BCUT2D eigenvalue weighted by atomic mass is 10.3. The van der Waals surface area contributed by atoms with E-state index in [1.165, 1.54) is 0 Å². The first kappa shape index (κ1) is 44.8. The second kappa shape index (κ2) is 371. The van der Waals surface area contributed by atoms with E-state index in [1.807, 2.05) is 69.2 Å². The van der Waals surface area contributed by atoms with Crippen LogP contribution < -0.4 is 0 Å². The highest BCUT2D eigenvalue weighted by molar-refractivity contribution is 4.22. The first-order valence-electron chi connectivity index (χ1n) is 7.23. The molecule has 0 saturated heterocycles. The van der Waals surface area contributed by atoms with Gasteiger partial charge in [-0.2, -0.15) is 0 Å². The SMILES string of the molecule is C=C.CC.CC.CC.CC.CC.CC(C)C. The zero-order chi connectivity index (χ0) is 15.6. The van der Waals surface area contributed by atoms with E-state index >= 15 is 0 Å². The maximum absolute atomic E-state index is 3.00. The molecule has 0 aliphatic heterocycles. The Hall–Kier alpha value is -0.260. The third-order valence-electron chi connectivity index (χ3n) is 0. The van der Waals surface area contributed by atoms with E-state index < -0.39 is 0 Å². The van der Waals surface area contributed by atoms with E-state index in [1.54, 1.807) is 0 Å². The summed E-state index contributed by atoms with van der Waals surface area (Å²) in [5, 5.41) is 0. The Balaban J connectivity index is -0.0000000122. The van der Waals surface area contributed by atoms with Gasteiger partial charge in [0, 0.05) is 0 Å². The summed E-state index contributed by atoms with van der Waals surface area (Å²) in [6.07, 6.45) is 0. The van der Waals surface area contributed by atoms with Gasteiger partial charge in [0.25, 0.3) is 0 Å². The van der Waals surface area contributed by atoms with E-state index in [-0.39, 0.29) is 0 Å². The van der Waals surface area contributed by atoms with Crippen LogP contribution in [0.3, 0.4) is 0 Å². The zero-order valence-electron chi connectivity index (χ0n) is 15.0. The predicted octanol–water partition coefficient (Wildman–Crippen LogP) is 7.60. The highest BCUT2D eigenvalue weighted by Crippen LogP contribution is 1.81. The van der Waals surface area contributed by atoms with Crippen molar-refractivity contribution < 1.29 is 0 Å². The quantitative estimate of drug-likeness (QED) is 0.380. The predicted molar refractivity (Wildman–Crippen MR) is 88.5 cm³/mol. The fraction of sp³-hybridized carbons (Fsp3) is 0.875. The summed E-state index contributed by atoms with van der Waals surface area (Å²) in [6.45, 7) is 32.5. The van der Waals surface area contributed by atoms with Crippen molar-refractivity contribution in [1.82, 2.24) is 0 Å². The minimum atomic E-state index is 0.833. The summed E-state index contributed by atoms with van der Waals surface area (Å²) in [5.41, 5.74) is 0. The van der Waals surface area contributed by atoms with Crippen LogP contribution in [0.2, 0.25) is 0 Å². The monoisotopic (exact) mass is 236 g/mol. The molecule has 0 spiro atoms. The van der Waals surface area contributed by atoms with E-state index in [4.69, 9.17) is 0 Å². The van der Waals surface area contributed by atoms with Crippen LogP contribution in [0.15, 0.2) is 13.2 Å². The van der Waals surface area contributed by atoms with Crippen molar-refractivity contribution in [2.24, 2.45) is 5.92 Å². The van der Waals surface area contributed by atoms with Gasteiger partial charge in [-0.05, 0) is 5.92 Å². The molecule has 0 aromatic carbocycles. The fourth-order valence-electron chi connectivity index (χ4n) is 0. The lowest BCUT2D eigenvalue weighted by Crippen LogP contribution is -1.66. The summed E-state index contributed by atoms with van der Waals surface area (Å²) < 4.78 is 0. The van der Waals surface area contributed by atoms with Crippen LogP contribution in [0.1, 0.15) is 90.0 Å². The summed E-state index contributed by atoms with van der Waals surface area (Å²) in [4.78, 5) is 0. The van der Waals surface area contributed by atoms with Gasteiger partial charge in [-0.25, -0.2) is 0 Å². The molecule has 0 unspecified atom stereocenters. The van der Waals surface area contributed by atoms with E-state index in [0.29, 0.717) is 0 Å². The standard InChI is InChI=1S/C4H10.5C2H6.C2H4/c1-4(2)3;6*1-2/h4H,1-3H3;5*1-2H3;1-2H2. The molecular weight excluding hydrogens is 192 g/mol. The summed E-state index contributed by atoms with van der Waals surface area (Å²) in [7, 11) is 0. The van der Waals surface area contributed by atoms with Crippen molar-refractivity contribution >= 4 is 0 Å². The molecule has 0 radical (unpaired) electrons. The van der Waals surface area contributed by atoms with Crippen molar-refractivity contribution in [2.75, 3.05) is 0 Å². The molecule has 0 atom stereocenters. The van der Waals surface area contributed by atoms with Gasteiger partial charge in [-0.1, -0.05) is 90.0 Å². The molecule has 108 valence electrons. The lowest BCUT2D eigenvalue weighted by Gasteiger charge is -1.79. The Bertz CT molecular complexity index is 11.2. The van der Waals surface area contributed by atoms with E-state index in [9.17, 15) is 0 Å². The maximum atomic E-state index is 3.00. The van der Waals surface area contributed by atoms with Crippen molar-refractivity contribution in [1.29, 1.82) is 0 Å². The number of hydrogen-bond acceptors (Lipinski definition) is 0. The molecule has 0 rings (SSSR count). The van der Waals surface area contributed by atoms with Crippen LogP contribution in [0.4, 0.5) is 0 Å². The highest BCUT2D eigenvalue weighted by Gasteiger charge is 1.68. The third-order valence-corrected chi connectivity index (χ3v) is 0. The van der Waals surface area contributed by atoms with Crippen LogP contribution in [-0.2, 0) is 0 Å². The average molecular weight is 237 g/mol. The van der Waals surface area contributed by atoms with Gasteiger partial charge in [0.2, 0.25) is 0 Å². The molecule has 0 N–H and O–H groups in total. The second-order valence-electron chi connectivity index (χ2n) is 1.73. The van der Waals surface area contributed by atoms with Gasteiger partial charge in [0.1, 0.15) is 0 Å². The van der Waals surface area contributed by atoms with Gasteiger partial charge in [-0.3, -0.25) is 0 Å². The van der Waals surface area contributed by atoms with E-state index in [0.717, 1.165) is 5.92 Å². The van der Waals surface area contributed by atoms with Crippen LogP contribution in [0, 0.1) is 5.92 Å². The van der Waals surface area contributed by atoms with Gasteiger partial charge in [0.05, 0.1) is 0 Å². The molecule has 0 aromatic heterocycles. The molecule has 0 heteroatoms. The minimum absolute atomic E-state index is 0.833. The first-order chi connectivity index (χ1) is 7.73. The molecule has 16 heavy (non-hydrogen) atoms. The topological polar surface area (TPSA) is 0 Å². The van der Waals surface area contributed by atoms with E-state index in [2.05, 4.69) is 33.9 Å². The van der Waals surface area contributed by atoms with Crippen molar-refractivity contribution in [3.05, 3.63) is 13.2 Å². The van der Waals surface area contributed by atoms with Gasteiger partial charge in [0.15, 0.2) is 0 Å². The summed E-state index contributed by atoms with van der Waals surface area (Å²) in [6, 6.07) is 0. The number of rotatable bonds is 0. The average Bonchev–Trinajstić information content (AvgIpc) is 2.42. The molecule has 0 aliphatic carbocycles. The van der Waals surface area contributed by atoms with Gasteiger partial charge < -0.3 is 0 Å². The normalized spacial score (nSPS) is 4.38. The molecule has 0 heterocycles. The molecule has 0 amide bonds. The Morgan fingerprint density at radius 3 is 0.438 bits per heavy atom. The Kier molecular flexibility index (Phi) is 1040. The van der Waals surface area contributed by atoms with Crippen LogP contribution in [0.5, 0.6) is 0 Å². The van der Waals surface area contributed by atoms with Crippen molar-refractivity contribution in [2.45, 2.75) is 90.0 Å². The third kappa shape index (κ3) is 33000. The molecule has 0 aromatic rings. The van der Waals surface area contributed by atoms with Crippen molar-refractivity contribution in [3.8, 4) is 0 Å². The fourth-order valence-corrected chi connectivity index (χ4v) is 0. The molecule has 0 aliphatic rings. The molecular formula is C16H44. The Morgan fingerprint density at radius 2 is 0.438 bits per heavy atom. The maximum Gasteiger partial charge on any atom is -0.0500 e. The summed E-state index contributed by atoms with van der Waals surface area (Å²) in [5.74, 6) is 0.833. The number of hydrogen-bond donors (Lipinski definition) is 0. The molecule has 0 nitrogen and oxygen atoms in total. The second-order valence-corrected chi connectivity index (χ2v) is 1.73. The molecule has 0 fully saturated rings. The first-order valence-corrected chi connectivity index (χ1v) is 7.23. The highest BCUT2D eigenvalue weighted by atomic mass is 13.7. The minimum Gasteiger partial charge on any atom is -0.106 e. The largest absolute Gasteiger partial charge is 0.106 e. The Labute approximate surface area is 110 Å². The van der Waals surface area contributed by atoms with Crippen molar-refractivity contribution in [3.63, 3.8) is 0 Å². The summed E-state index contributed by atoms with van der Waals surface area (Å²) >= 11 is 0. The molecule has 0 saturated carbocycles.